The number of hydrogen-bond acceptors (Lipinski definition) is 3. The molecule has 2 nitrogen and oxygen atoms in total. The number of rotatable bonds is 2. The van der Waals surface area contributed by atoms with Crippen molar-refractivity contribution in [1.29, 1.82) is 0 Å². The molecule has 4 aliphatic carbocycles. The number of nitrogens with zero attached hydrogens (tertiary/aromatic N) is 2. The first-order valence-corrected chi connectivity index (χ1v) is 28.3. The Balaban J connectivity index is 1.04. The van der Waals surface area contributed by atoms with E-state index < -0.39 is 10.8 Å². The molecule has 3 heterocycles. The Kier molecular flexibility index (Phi) is 8.49. The average Bonchev–Trinajstić information content (AvgIpc) is 2.84. The molecule has 0 saturated heterocycles. The summed E-state index contributed by atoms with van der Waals surface area (Å²) in [4.78, 5) is 6.73. The van der Waals surface area contributed by atoms with Crippen molar-refractivity contribution in [3.8, 4) is 44.5 Å². The Bertz CT molecular complexity index is 4340. The number of aryl methyl sites for hydroxylation is 3. The quantitative estimate of drug-likeness (QED) is 0.159. The third-order valence-electron chi connectivity index (χ3n) is 18.6. The summed E-state index contributed by atoms with van der Waals surface area (Å²) in [6, 6.07) is 82.8. The lowest BCUT2D eigenvalue weighted by atomic mass is 9.35. The minimum Gasteiger partial charge on any atom is -0.311 e. The molecular formula is C73H53BN2S. The van der Waals surface area contributed by atoms with Crippen LogP contribution in [0.5, 0.6) is 0 Å². The summed E-state index contributed by atoms with van der Waals surface area (Å²) < 4.78 is 1.40. The predicted molar refractivity (Wildman–Crippen MR) is 324 cm³/mol. The lowest BCUT2D eigenvalue weighted by Crippen LogP contribution is -2.60. The first kappa shape index (κ1) is 43.8. The second kappa shape index (κ2) is 14.9. The average molecular weight is 1000 g/mol. The van der Waals surface area contributed by atoms with E-state index in [0.29, 0.717) is 0 Å². The van der Waals surface area contributed by atoms with Crippen LogP contribution in [0.3, 0.4) is 0 Å². The minimum atomic E-state index is -0.517. The number of anilines is 6. The Morgan fingerprint density at radius 1 is 0.390 bits per heavy atom. The highest BCUT2D eigenvalue weighted by molar-refractivity contribution is 7.30. The third kappa shape index (κ3) is 5.32. The number of thiophene rings is 1. The van der Waals surface area contributed by atoms with Crippen molar-refractivity contribution in [2.75, 3.05) is 9.80 Å². The fraction of sp³-hybridized carbons (Fsp3) is 0.123. The summed E-state index contributed by atoms with van der Waals surface area (Å²) in [5.41, 5.74) is 34.5. The van der Waals surface area contributed by atoms with Crippen molar-refractivity contribution in [2.45, 2.75) is 57.8 Å². The monoisotopic (exact) mass is 1000 g/mol. The Hall–Kier alpha value is -8.44. The van der Waals surface area contributed by atoms with E-state index in [4.69, 9.17) is 0 Å². The minimum absolute atomic E-state index is 0.0448. The molecule has 1 aromatic heterocycles. The first-order chi connectivity index (χ1) is 37.6. The van der Waals surface area contributed by atoms with Crippen molar-refractivity contribution < 1.29 is 0 Å². The fourth-order valence-corrected chi connectivity index (χ4v) is 17.1. The molecule has 0 fully saturated rings. The van der Waals surface area contributed by atoms with E-state index >= 15 is 0 Å². The van der Waals surface area contributed by atoms with Gasteiger partial charge in [0, 0.05) is 43.7 Å². The topological polar surface area (TPSA) is 6.48 Å². The van der Waals surface area contributed by atoms with Crippen LogP contribution in [0.2, 0.25) is 0 Å². The predicted octanol–water partition coefficient (Wildman–Crippen LogP) is 16.7. The molecule has 364 valence electrons. The summed E-state index contributed by atoms with van der Waals surface area (Å²) in [6.07, 6.45) is 0. The second-order valence-electron chi connectivity index (χ2n) is 23.7. The molecule has 0 amide bonds. The molecular weight excluding hydrogens is 948 g/mol. The molecule has 0 unspecified atom stereocenters. The van der Waals surface area contributed by atoms with Crippen molar-refractivity contribution in [2.24, 2.45) is 0 Å². The normalized spacial score (nSPS) is 15.3. The third-order valence-corrected chi connectivity index (χ3v) is 19.9. The maximum Gasteiger partial charge on any atom is 0.264 e. The largest absolute Gasteiger partial charge is 0.311 e. The van der Waals surface area contributed by atoms with Crippen LogP contribution >= 0.6 is 11.3 Å². The molecule has 0 N–H and O–H groups in total. The fourth-order valence-electron chi connectivity index (χ4n) is 15.4. The molecule has 2 aliphatic heterocycles. The lowest BCUT2D eigenvalue weighted by Gasteiger charge is -2.44. The van der Waals surface area contributed by atoms with Gasteiger partial charge in [-0.2, -0.15) is 0 Å². The van der Waals surface area contributed by atoms with Gasteiger partial charge < -0.3 is 9.80 Å². The van der Waals surface area contributed by atoms with Crippen LogP contribution in [0, 0.1) is 20.8 Å². The summed E-state index contributed by atoms with van der Waals surface area (Å²) in [7, 11) is 0. The molecule has 10 aromatic carbocycles. The lowest BCUT2D eigenvalue weighted by molar-refractivity contribution is 0.588. The van der Waals surface area contributed by atoms with Crippen molar-refractivity contribution in [3.05, 3.63) is 278 Å². The van der Waals surface area contributed by atoms with Gasteiger partial charge >= 0.3 is 0 Å². The van der Waals surface area contributed by atoms with Gasteiger partial charge in [-0.25, -0.2) is 0 Å². The Morgan fingerprint density at radius 2 is 0.844 bits per heavy atom. The summed E-state index contributed by atoms with van der Waals surface area (Å²) in [5, 5.41) is 0. The van der Waals surface area contributed by atoms with Gasteiger partial charge in [0.05, 0.1) is 16.5 Å². The van der Waals surface area contributed by atoms with E-state index in [2.05, 4.69) is 275 Å². The maximum absolute atomic E-state index is 2.71. The zero-order chi connectivity index (χ0) is 51.4. The smallest absolute Gasteiger partial charge is 0.264 e. The van der Waals surface area contributed by atoms with Crippen LogP contribution in [-0.2, 0) is 16.2 Å². The zero-order valence-electron chi connectivity index (χ0n) is 44.1. The van der Waals surface area contributed by atoms with Gasteiger partial charge in [-0.1, -0.05) is 202 Å². The number of hydrogen-bond donors (Lipinski definition) is 0. The maximum atomic E-state index is 2.71. The van der Waals surface area contributed by atoms with Crippen molar-refractivity contribution in [3.63, 3.8) is 0 Å². The molecule has 0 bridgehead atoms. The van der Waals surface area contributed by atoms with E-state index in [1.807, 2.05) is 0 Å². The van der Waals surface area contributed by atoms with Crippen LogP contribution in [0.4, 0.5) is 34.1 Å². The van der Waals surface area contributed by atoms with E-state index in [1.54, 1.807) is 0 Å². The van der Waals surface area contributed by atoms with Gasteiger partial charge in [-0.3, -0.25) is 0 Å². The van der Waals surface area contributed by atoms with Gasteiger partial charge in [-0.05, 0) is 169 Å². The van der Waals surface area contributed by atoms with Gasteiger partial charge in [0.15, 0.2) is 0 Å². The van der Waals surface area contributed by atoms with Crippen molar-refractivity contribution in [1.82, 2.24) is 0 Å². The van der Waals surface area contributed by atoms with Crippen LogP contribution < -0.4 is 25.5 Å². The van der Waals surface area contributed by atoms with Gasteiger partial charge in [0.1, 0.15) is 0 Å². The van der Waals surface area contributed by atoms with Crippen LogP contribution in [0.25, 0.3) is 44.5 Å². The molecule has 2 spiro atoms. The molecule has 0 radical (unpaired) electrons. The number of fused-ring (bicyclic) bond motifs is 25. The van der Waals surface area contributed by atoms with E-state index in [-0.39, 0.29) is 12.1 Å². The zero-order valence-corrected chi connectivity index (χ0v) is 44.9. The van der Waals surface area contributed by atoms with Crippen LogP contribution in [0.15, 0.2) is 212 Å². The standard InChI is InChI=1S/C73H53BN2S/c1-42-27-32-46(33-28-42)75-63-40-54-52-21-11-14-24-57(52)72(55-22-12-7-17-48(55)49-18-8-13-23-56(49)72)61(54)41-62(63)74-67-64(75)37-44(3)38-65(67)76(47-34-29-43(2)30-35-47)68-66-53-36-31-45(71(4,5)6)39-60(53)73(69(66)77-70(68)74)58-25-15-9-19-50(58)51-20-10-16-26-59(51)73/h7-41H,1-6H3. The highest BCUT2D eigenvalue weighted by Gasteiger charge is 2.58. The first-order valence-electron chi connectivity index (χ1n) is 27.4. The molecule has 11 aromatic rings. The Morgan fingerprint density at radius 3 is 1.36 bits per heavy atom. The summed E-state index contributed by atoms with van der Waals surface area (Å²) in [5.74, 6) is 0. The molecule has 17 rings (SSSR count). The van der Waals surface area contributed by atoms with Gasteiger partial charge in [0.2, 0.25) is 0 Å². The summed E-state index contributed by atoms with van der Waals surface area (Å²) in [6.45, 7) is 13.7. The van der Waals surface area contributed by atoms with Gasteiger partial charge in [0.25, 0.3) is 6.71 Å². The summed E-state index contributed by atoms with van der Waals surface area (Å²) >= 11 is 2.09. The highest BCUT2D eigenvalue weighted by atomic mass is 32.1. The van der Waals surface area contributed by atoms with E-state index in [9.17, 15) is 0 Å². The molecule has 6 aliphatic rings. The van der Waals surface area contributed by atoms with Crippen molar-refractivity contribution >= 4 is 67.9 Å². The molecule has 77 heavy (non-hydrogen) atoms. The molecule has 0 saturated carbocycles. The van der Waals surface area contributed by atoms with Crippen LogP contribution in [-0.4, -0.2) is 6.71 Å². The SMILES string of the molecule is Cc1ccc(N2c3cc4c(cc3B3c5sc6c(c5N(c5ccc(C)cc5)c5cc(C)cc2c53)-c2ccc(C(C)(C)C)cc2C62c3ccccc3-c3ccccc32)C2(c3ccccc3-c3ccccc32)c2ccccc2-4)cc1. The van der Waals surface area contributed by atoms with E-state index in [0.717, 1.165) is 0 Å². The molecule has 4 heteroatoms. The Labute approximate surface area is 455 Å². The number of benzene rings is 10. The molecule has 0 atom stereocenters. The highest BCUT2D eigenvalue weighted by Crippen LogP contribution is 2.68. The van der Waals surface area contributed by atoms with Crippen LogP contribution in [0.1, 0.15) is 86.8 Å². The second-order valence-corrected chi connectivity index (χ2v) is 24.8. The van der Waals surface area contributed by atoms with Gasteiger partial charge in [-0.15, -0.1) is 11.3 Å². The van der Waals surface area contributed by atoms with E-state index in [1.165, 1.54) is 160 Å².